The Balaban J connectivity index is 1.39. The lowest BCUT2D eigenvalue weighted by atomic mass is 10.1. The van der Waals surface area contributed by atoms with E-state index in [1.165, 1.54) is 6.08 Å². The van der Waals surface area contributed by atoms with Crippen molar-refractivity contribution in [2.24, 2.45) is 0 Å². The molecule has 1 amide bonds. The van der Waals surface area contributed by atoms with Crippen LogP contribution in [0.4, 0.5) is 5.82 Å². The maximum absolute atomic E-state index is 12.5. The molecule has 1 heterocycles. The molecule has 0 fully saturated rings. The number of rotatable bonds is 9. The highest BCUT2D eigenvalue weighted by Crippen LogP contribution is 2.23. The van der Waals surface area contributed by atoms with Gasteiger partial charge in [-0.05, 0) is 60.9 Å². The zero-order valence-electron chi connectivity index (χ0n) is 20.2. The largest absolute Gasteiger partial charge is 0.496 e. The van der Waals surface area contributed by atoms with Crippen molar-refractivity contribution in [2.45, 2.75) is 27.0 Å². The lowest BCUT2D eigenvalue weighted by Crippen LogP contribution is -2.09. The SMILES string of the molecule is COc1ccc(/C=C/C(=O)Nc2cc(C)n(Cc3ccccc3)n2)cc1COc1cccc(C)c1. The summed E-state index contributed by atoms with van der Waals surface area (Å²) in [4.78, 5) is 12.5. The fourth-order valence-corrected chi connectivity index (χ4v) is 3.71. The molecule has 0 aliphatic carbocycles. The van der Waals surface area contributed by atoms with Crippen molar-refractivity contribution >= 4 is 17.8 Å². The molecule has 3 aromatic carbocycles. The predicted molar refractivity (Wildman–Crippen MR) is 139 cm³/mol. The number of carbonyl (C=O) groups is 1. The van der Waals surface area contributed by atoms with Gasteiger partial charge in [0, 0.05) is 23.4 Å². The van der Waals surface area contributed by atoms with Gasteiger partial charge in [-0.1, -0.05) is 48.5 Å². The third-order valence-electron chi connectivity index (χ3n) is 5.52. The van der Waals surface area contributed by atoms with Gasteiger partial charge in [-0.3, -0.25) is 9.48 Å². The first kappa shape index (κ1) is 23.8. The van der Waals surface area contributed by atoms with E-state index >= 15 is 0 Å². The van der Waals surface area contributed by atoms with E-state index in [9.17, 15) is 4.79 Å². The highest BCUT2D eigenvalue weighted by Gasteiger charge is 2.08. The standard InChI is InChI=1S/C29H29N3O3/c1-21-8-7-11-26(16-21)35-20-25-18-23(12-14-27(25)34-3)13-15-29(33)30-28-17-22(2)32(31-28)19-24-9-5-4-6-10-24/h4-18H,19-20H2,1-3H3,(H,30,31,33)/b15-13+. The number of aromatic nitrogens is 2. The molecule has 0 aliphatic heterocycles. The van der Waals surface area contributed by atoms with Gasteiger partial charge < -0.3 is 14.8 Å². The minimum atomic E-state index is -0.247. The normalized spacial score (nSPS) is 10.9. The summed E-state index contributed by atoms with van der Waals surface area (Å²) in [5.41, 5.74) is 5.03. The zero-order valence-corrected chi connectivity index (χ0v) is 20.2. The van der Waals surface area contributed by atoms with E-state index in [1.807, 2.05) is 85.3 Å². The van der Waals surface area contributed by atoms with Crippen molar-refractivity contribution in [3.05, 3.63) is 113 Å². The van der Waals surface area contributed by atoms with Gasteiger partial charge in [0.25, 0.3) is 0 Å². The van der Waals surface area contributed by atoms with Crippen LogP contribution in [0, 0.1) is 13.8 Å². The molecule has 4 aromatic rings. The van der Waals surface area contributed by atoms with Crippen molar-refractivity contribution < 1.29 is 14.3 Å². The van der Waals surface area contributed by atoms with Crippen LogP contribution in [-0.2, 0) is 17.9 Å². The van der Waals surface area contributed by atoms with Crippen molar-refractivity contribution in [1.82, 2.24) is 9.78 Å². The van der Waals surface area contributed by atoms with Crippen LogP contribution < -0.4 is 14.8 Å². The lowest BCUT2D eigenvalue weighted by Gasteiger charge is -2.11. The third kappa shape index (κ3) is 6.60. The Kier molecular flexibility index (Phi) is 7.63. The van der Waals surface area contributed by atoms with Gasteiger partial charge in [0.05, 0.1) is 13.7 Å². The van der Waals surface area contributed by atoms with Gasteiger partial charge in [0.2, 0.25) is 5.91 Å². The quantitative estimate of drug-likeness (QED) is 0.317. The lowest BCUT2D eigenvalue weighted by molar-refractivity contribution is -0.111. The van der Waals surface area contributed by atoms with Crippen LogP contribution in [0.3, 0.4) is 0 Å². The number of aryl methyl sites for hydroxylation is 2. The molecule has 0 unspecified atom stereocenters. The second-order valence-electron chi connectivity index (χ2n) is 8.31. The van der Waals surface area contributed by atoms with Gasteiger partial charge in [-0.15, -0.1) is 0 Å². The molecule has 178 valence electrons. The first-order valence-electron chi connectivity index (χ1n) is 11.4. The fraction of sp³-hybridized carbons (Fsp3) is 0.172. The van der Waals surface area contributed by atoms with Crippen LogP contribution in [0.25, 0.3) is 6.08 Å². The van der Waals surface area contributed by atoms with Crippen molar-refractivity contribution in [3.63, 3.8) is 0 Å². The van der Waals surface area contributed by atoms with E-state index in [4.69, 9.17) is 9.47 Å². The Labute approximate surface area is 205 Å². The van der Waals surface area contributed by atoms with E-state index in [2.05, 4.69) is 22.5 Å². The summed E-state index contributed by atoms with van der Waals surface area (Å²) in [5.74, 6) is 1.81. The van der Waals surface area contributed by atoms with Gasteiger partial charge in [-0.25, -0.2) is 0 Å². The number of nitrogens with one attached hydrogen (secondary N) is 1. The second-order valence-corrected chi connectivity index (χ2v) is 8.31. The van der Waals surface area contributed by atoms with Gasteiger partial charge in [0.15, 0.2) is 5.82 Å². The molecule has 0 bridgehead atoms. The maximum atomic E-state index is 12.5. The Morgan fingerprint density at radius 2 is 1.83 bits per heavy atom. The number of hydrogen-bond acceptors (Lipinski definition) is 4. The van der Waals surface area contributed by atoms with E-state index in [0.717, 1.165) is 39.4 Å². The molecule has 0 atom stereocenters. The number of hydrogen-bond donors (Lipinski definition) is 1. The molecule has 0 spiro atoms. The van der Waals surface area contributed by atoms with Crippen LogP contribution in [-0.4, -0.2) is 22.8 Å². The molecule has 1 N–H and O–H groups in total. The molecule has 6 heteroatoms. The topological polar surface area (TPSA) is 65.4 Å². The molecule has 1 aromatic heterocycles. The van der Waals surface area contributed by atoms with Crippen LogP contribution >= 0.6 is 0 Å². The first-order chi connectivity index (χ1) is 17.0. The fourth-order valence-electron chi connectivity index (χ4n) is 3.71. The number of nitrogens with zero attached hydrogens (tertiary/aromatic N) is 2. The molecule has 4 rings (SSSR count). The highest BCUT2D eigenvalue weighted by molar-refractivity contribution is 6.01. The number of benzene rings is 3. The van der Waals surface area contributed by atoms with Crippen molar-refractivity contribution in [1.29, 1.82) is 0 Å². The average Bonchev–Trinajstić information content (AvgIpc) is 3.20. The van der Waals surface area contributed by atoms with E-state index in [0.29, 0.717) is 19.0 Å². The molecule has 6 nitrogen and oxygen atoms in total. The predicted octanol–water partition coefficient (Wildman–Crippen LogP) is 5.79. The Morgan fingerprint density at radius 3 is 2.60 bits per heavy atom. The third-order valence-corrected chi connectivity index (χ3v) is 5.52. The Bertz CT molecular complexity index is 1330. The second kappa shape index (κ2) is 11.2. The van der Waals surface area contributed by atoms with Crippen LogP contribution in [0.15, 0.2) is 84.9 Å². The monoisotopic (exact) mass is 467 g/mol. The van der Waals surface area contributed by atoms with Crippen LogP contribution in [0.1, 0.15) is 27.9 Å². The Hall–Kier alpha value is -4.32. The van der Waals surface area contributed by atoms with Crippen LogP contribution in [0.5, 0.6) is 11.5 Å². The molecule has 35 heavy (non-hydrogen) atoms. The van der Waals surface area contributed by atoms with E-state index < -0.39 is 0 Å². The number of anilines is 1. The molecule has 0 saturated carbocycles. The summed E-state index contributed by atoms with van der Waals surface area (Å²) in [6.07, 6.45) is 3.26. The van der Waals surface area contributed by atoms with E-state index in [-0.39, 0.29) is 5.91 Å². The van der Waals surface area contributed by atoms with Gasteiger partial charge >= 0.3 is 0 Å². The molecule has 0 radical (unpaired) electrons. The summed E-state index contributed by atoms with van der Waals surface area (Å²) in [7, 11) is 1.63. The number of methoxy groups -OCH3 is 1. The summed E-state index contributed by atoms with van der Waals surface area (Å²) < 4.78 is 13.3. The zero-order chi connectivity index (χ0) is 24.6. The molecule has 0 aliphatic rings. The first-order valence-corrected chi connectivity index (χ1v) is 11.4. The number of carbonyl (C=O) groups excluding carboxylic acids is 1. The van der Waals surface area contributed by atoms with Crippen molar-refractivity contribution in [3.8, 4) is 11.5 Å². The Morgan fingerprint density at radius 1 is 1.00 bits per heavy atom. The summed E-state index contributed by atoms with van der Waals surface area (Å²) >= 11 is 0. The van der Waals surface area contributed by atoms with Crippen LogP contribution in [0.2, 0.25) is 0 Å². The van der Waals surface area contributed by atoms with Gasteiger partial charge in [0.1, 0.15) is 18.1 Å². The summed E-state index contributed by atoms with van der Waals surface area (Å²) in [6.45, 7) is 5.01. The smallest absolute Gasteiger partial charge is 0.249 e. The maximum Gasteiger partial charge on any atom is 0.249 e. The summed E-state index contributed by atoms with van der Waals surface area (Å²) in [6, 6.07) is 25.6. The molecular formula is C29H29N3O3. The minimum absolute atomic E-state index is 0.247. The highest BCUT2D eigenvalue weighted by atomic mass is 16.5. The number of amides is 1. The summed E-state index contributed by atoms with van der Waals surface area (Å²) in [5, 5.41) is 7.36. The molecular weight excluding hydrogens is 438 g/mol. The van der Waals surface area contributed by atoms with Crippen molar-refractivity contribution in [2.75, 3.05) is 12.4 Å². The average molecular weight is 468 g/mol. The minimum Gasteiger partial charge on any atom is -0.496 e. The van der Waals surface area contributed by atoms with E-state index in [1.54, 1.807) is 13.2 Å². The number of ether oxygens (including phenoxy) is 2. The van der Waals surface area contributed by atoms with Gasteiger partial charge in [-0.2, -0.15) is 5.10 Å². The molecule has 0 saturated heterocycles.